The van der Waals surface area contributed by atoms with Gasteiger partial charge in [-0.2, -0.15) is 0 Å². The standard InChI is InChI=1S/C12H12N2O2/c15-10-3-1-9(2-4-10)7-12(16)11-5-6-13-8-14-11/h1-6,8,12,15-16H,7H2. The van der Waals surface area contributed by atoms with E-state index in [0.29, 0.717) is 12.1 Å². The van der Waals surface area contributed by atoms with Crippen molar-refractivity contribution in [2.75, 3.05) is 0 Å². The van der Waals surface area contributed by atoms with E-state index in [9.17, 15) is 5.11 Å². The third-order valence-corrected chi connectivity index (χ3v) is 2.31. The van der Waals surface area contributed by atoms with Gasteiger partial charge in [0.15, 0.2) is 0 Å². The largest absolute Gasteiger partial charge is 0.508 e. The molecule has 1 aromatic carbocycles. The van der Waals surface area contributed by atoms with Crippen molar-refractivity contribution in [2.24, 2.45) is 0 Å². The van der Waals surface area contributed by atoms with E-state index in [4.69, 9.17) is 5.11 Å². The average molecular weight is 216 g/mol. The molecular formula is C12H12N2O2. The summed E-state index contributed by atoms with van der Waals surface area (Å²) in [6, 6.07) is 8.44. The number of aliphatic hydroxyl groups excluding tert-OH is 1. The van der Waals surface area contributed by atoms with Gasteiger partial charge in [-0.1, -0.05) is 12.1 Å². The molecule has 2 rings (SSSR count). The molecule has 1 heterocycles. The molecular weight excluding hydrogens is 204 g/mol. The van der Waals surface area contributed by atoms with E-state index in [0.717, 1.165) is 5.56 Å². The fourth-order valence-corrected chi connectivity index (χ4v) is 1.46. The van der Waals surface area contributed by atoms with E-state index in [-0.39, 0.29) is 5.75 Å². The molecule has 0 aliphatic heterocycles. The first-order valence-corrected chi connectivity index (χ1v) is 4.97. The van der Waals surface area contributed by atoms with Gasteiger partial charge in [0.1, 0.15) is 18.2 Å². The fourth-order valence-electron chi connectivity index (χ4n) is 1.46. The van der Waals surface area contributed by atoms with Crippen LogP contribution in [0.2, 0.25) is 0 Å². The highest BCUT2D eigenvalue weighted by molar-refractivity contribution is 5.26. The smallest absolute Gasteiger partial charge is 0.115 e. The molecule has 0 amide bonds. The van der Waals surface area contributed by atoms with Crippen LogP contribution < -0.4 is 0 Å². The van der Waals surface area contributed by atoms with Gasteiger partial charge in [0, 0.05) is 12.6 Å². The zero-order chi connectivity index (χ0) is 11.4. The molecule has 2 N–H and O–H groups in total. The number of aromatic hydroxyl groups is 1. The minimum atomic E-state index is -0.646. The number of nitrogens with zero attached hydrogens (tertiary/aromatic N) is 2. The van der Waals surface area contributed by atoms with Crippen LogP contribution in [0.1, 0.15) is 17.4 Å². The second-order valence-electron chi connectivity index (χ2n) is 3.52. The van der Waals surface area contributed by atoms with E-state index >= 15 is 0 Å². The van der Waals surface area contributed by atoms with Gasteiger partial charge < -0.3 is 10.2 Å². The summed E-state index contributed by atoms with van der Waals surface area (Å²) in [4.78, 5) is 7.77. The number of benzene rings is 1. The van der Waals surface area contributed by atoms with Crippen molar-refractivity contribution in [1.29, 1.82) is 0 Å². The van der Waals surface area contributed by atoms with Gasteiger partial charge in [0.2, 0.25) is 0 Å². The summed E-state index contributed by atoms with van der Waals surface area (Å²) >= 11 is 0. The number of hydrogen-bond donors (Lipinski definition) is 2. The molecule has 0 fully saturated rings. The first kappa shape index (κ1) is 10.6. The summed E-state index contributed by atoms with van der Waals surface area (Å²) in [6.45, 7) is 0. The zero-order valence-corrected chi connectivity index (χ0v) is 8.61. The quantitative estimate of drug-likeness (QED) is 0.815. The molecule has 82 valence electrons. The average Bonchev–Trinajstić information content (AvgIpc) is 2.33. The Hall–Kier alpha value is -1.94. The van der Waals surface area contributed by atoms with Gasteiger partial charge in [0.05, 0.1) is 5.69 Å². The summed E-state index contributed by atoms with van der Waals surface area (Å²) in [5, 5.41) is 19.0. The maximum absolute atomic E-state index is 9.89. The number of aromatic nitrogens is 2. The number of hydrogen-bond acceptors (Lipinski definition) is 4. The summed E-state index contributed by atoms with van der Waals surface area (Å²) < 4.78 is 0. The van der Waals surface area contributed by atoms with Crippen molar-refractivity contribution in [1.82, 2.24) is 9.97 Å². The molecule has 1 aromatic heterocycles. The van der Waals surface area contributed by atoms with Crippen LogP contribution in [0, 0.1) is 0 Å². The molecule has 0 radical (unpaired) electrons. The van der Waals surface area contributed by atoms with E-state index in [1.54, 1.807) is 36.5 Å². The maximum atomic E-state index is 9.89. The molecule has 4 heteroatoms. The SMILES string of the molecule is Oc1ccc(CC(O)c2ccncn2)cc1. The van der Waals surface area contributed by atoms with E-state index in [2.05, 4.69) is 9.97 Å². The van der Waals surface area contributed by atoms with Crippen molar-refractivity contribution >= 4 is 0 Å². The molecule has 0 bridgehead atoms. The van der Waals surface area contributed by atoms with Crippen LogP contribution >= 0.6 is 0 Å². The highest BCUT2D eigenvalue weighted by Crippen LogP contribution is 2.17. The Kier molecular flexibility index (Phi) is 3.12. The Labute approximate surface area is 93.2 Å². The lowest BCUT2D eigenvalue weighted by Gasteiger charge is -2.09. The predicted octanol–water partition coefficient (Wildman–Crippen LogP) is 1.46. The Morgan fingerprint density at radius 3 is 2.50 bits per heavy atom. The molecule has 1 atom stereocenters. The monoisotopic (exact) mass is 216 g/mol. The van der Waals surface area contributed by atoms with Crippen LogP contribution in [0.15, 0.2) is 42.9 Å². The summed E-state index contributed by atoms with van der Waals surface area (Å²) in [5.74, 6) is 0.222. The van der Waals surface area contributed by atoms with Gasteiger partial charge in [-0.25, -0.2) is 9.97 Å². The lowest BCUT2D eigenvalue weighted by atomic mass is 10.1. The molecule has 0 aliphatic carbocycles. The predicted molar refractivity (Wildman–Crippen MR) is 58.8 cm³/mol. The Bertz CT molecular complexity index is 442. The number of rotatable bonds is 3. The van der Waals surface area contributed by atoms with Crippen LogP contribution in [0.3, 0.4) is 0 Å². The molecule has 16 heavy (non-hydrogen) atoms. The fraction of sp³-hybridized carbons (Fsp3) is 0.167. The molecule has 0 spiro atoms. The summed E-state index contributed by atoms with van der Waals surface area (Å²) in [5.41, 5.74) is 1.55. The topological polar surface area (TPSA) is 66.2 Å². The molecule has 2 aromatic rings. The van der Waals surface area contributed by atoms with E-state index < -0.39 is 6.10 Å². The van der Waals surface area contributed by atoms with Crippen molar-refractivity contribution in [3.8, 4) is 5.75 Å². The molecule has 1 unspecified atom stereocenters. The molecule has 0 aliphatic rings. The van der Waals surface area contributed by atoms with Crippen molar-refractivity contribution in [2.45, 2.75) is 12.5 Å². The minimum Gasteiger partial charge on any atom is -0.508 e. The first-order chi connectivity index (χ1) is 7.75. The number of phenolic OH excluding ortho intramolecular Hbond substituents is 1. The highest BCUT2D eigenvalue weighted by atomic mass is 16.3. The van der Waals surface area contributed by atoms with Gasteiger partial charge >= 0.3 is 0 Å². The van der Waals surface area contributed by atoms with Gasteiger partial charge in [-0.15, -0.1) is 0 Å². The van der Waals surface area contributed by atoms with Gasteiger partial charge in [-0.3, -0.25) is 0 Å². The molecule has 0 saturated carbocycles. The van der Waals surface area contributed by atoms with Crippen molar-refractivity contribution in [3.05, 3.63) is 54.1 Å². The second-order valence-corrected chi connectivity index (χ2v) is 3.52. The first-order valence-electron chi connectivity index (χ1n) is 4.97. The third kappa shape index (κ3) is 2.55. The molecule has 0 saturated heterocycles. The Morgan fingerprint density at radius 1 is 1.12 bits per heavy atom. The maximum Gasteiger partial charge on any atom is 0.115 e. The number of aliphatic hydroxyl groups is 1. The normalized spacial score (nSPS) is 12.3. The lowest BCUT2D eigenvalue weighted by Crippen LogP contribution is -2.03. The molecule has 4 nitrogen and oxygen atoms in total. The van der Waals surface area contributed by atoms with Crippen molar-refractivity contribution in [3.63, 3.8) is 0 Å². The summed E-state index contributed by atoms with van der Waals surface area (Å²) in [6.07, 6.45) is 2.84. The van der Waals surface area contributed by atoms with Crippen LogP contribution in [0.5, 0.6) is 5.75 Å². The van der Waals surface area contributed by atoms with Crippen LogP contribution in [-0.4, -0.2) is 20.2 Å². The summed E-state index contributed by atoms with van der Waals surface area (Å²) in [7, 11) is 0. The Balaban J connectivity index is 2.08. The Morgan fingerprint density at radius 2 is 1.88 bits per heavy atom. The third-order valence-electron chi connectivity index (χ3n) is 2.31. The van der Waals surface area contributed by atoms with Crippen LogP contribution in [-0.2, 0) is 6.42 Å². The van der Waals surface area contributed by atoms with Gasteiger partial charge in [-0.05, 0) is 23.8 Å². The van der Waals surface area contributed by atoms with E-state index in [1.807, 2.05) is 0 Å². The lowest BCUT2D eigenvalue weighted by molar-refractivity contribution is 0.173. The van der Waals surface area contributed by atoms with E-state index in [1.165, 1.54) is 6.33 Å². The van der Waals surface area contributed by atoms with Crippen LogP contribution in [0.25, 0.3) is 0 Å². The highest BCUT2D eigenvalue weighted by Gasteiger charge is 2.09. The zero-order valence-electron chi connectivity index (χ0n) is 8.61. The number of phenols is 1. The van der Waals surface area contributed by atoms with Crippen molar-refractivity contribution < 1.29 is 10.2 Å². The van der Waals surface area contributed by atoms with Crippen LogP contribution in [0.4, 0.5) is 0 Å². The minimum absolute atomic E-state index is 0.222. The van der Waals surface area contributed by atoms with Gasteiger partial charge in [0.25, 0.3) is 0 Å². The second kappa shape index (κ2) is 4.72.